The molecule has 0 saturated heterocycles. The van der Waals surface area contributed by atoms with E-state index >= 15 is 0 Å². The minimum atomic E-state index is -1.20. The second-order valence-electron chi connectivity index (χ2n) is 8.80. The summed E-state index contributed by atoms with van der Waals surface area (Å²) in [5, 5.41) is 18.4. The minimum absolute atomic E-state index is 0.0652. The lowest BCUT2D eigenvalue weighted by Crippen LogP contribution is -2.57. The number of aromatic nitrogens is 1. The Kier molecular flexibility index (Phi) is 10.7. The predicted molar refractivity (Wildman–Crippen MR) is 132 cm³/mol. The van der Waals surface area contributed by atoms with Gasteiger partial charge in [-0.25, -0.2) is 4.79 Å². The largest absolute Gasteiger partial charge is 0.480 e. The van der Waals surface area contributed by atoms with Gasteiger partial charge in [-0.3, -0.25) is 14.4 Å². The second kappa shape index (κ2) is 13.4. The van der Waals surface area contributed by atoms with Gasteiger partial charge in [0, 0.05) is 23.5 Å². The standard InChI is InChI=1S/C24H36N6O5/c1-14(2)21(30-20(31)12-26)23(33)28-18(9-5-6-10-25)22(32)29-19(24(34)35)11-15-13-27-17-8-4-3-7-16(15)17/h3-4,7-8,13-14,18-19,21,27H,5-6,9-12,25-26H2,1-2H3,(H,28,33)(H,29,32)(H,30,31)(H,34,35). The van der Waals surface area contributed by atoms with Gasteiger partial charge in [0.1, 0.15) is 18.1 Å². The monoisotopic (exact) mass is 488 g/mol. The van der Waals surface area contributed by atoms with E-state index in [1.54, 1.807) is 20.0 Å². The van der Waals surface area contributed by atoms with Gasteiger partial charge in [0.2, 0.25) is 17.7 Å². The quantitative estimate of drug-likeness (QED) is 0.182. The molecule has 3 unspecified atom stereocenters. The zero-order chi connectivity index (χ0) is 26.0. The Morgan fingerprint density at radius 3 is 2.29 bits per heavy atom. The molecule has 0 fully saturated rings. The predicted octanol–water partition coefficient (Wildman–Crippen LogP) is -0.00690. The van der Waals surface area contributed by atoms with Crippen molar-refractivity contribution in [1.29, 1.82) is 0 Å². The van der Waals surface area contributed by atoms with Crippen LogP contribution < -0.4 is 27.4 Å². The van der Waals surface area contributed by atoms with Crippen molar-refractivity contribution in [3.63, 3.8) is 0 Å². The number of hydrogen-bond donors (Lipinski definition) is 7. The highest BCUT2D eigenvalue weighted by Crippen LogP contribution is 2.19. The normalized spacial score (nSPS) is 13.7. The summed E-state index contributed by atoms with van der Waals surface area (Å²) in [5.41, 5.74) is 12.5. The first-order valence-electron chi connectivity index (χ1n) is 11.8. The number of amides is 3. The molecule has 1 aromatic heterocycles. The van der Waals surface area contributed by atoms with Crippen LogP contribution in [0.25, 0.3) is 10.9 Å². The number of fused-ring (bicyclic) bond motifs is 1. The van der Waals surface area contributed by atoms with Crippen molar-refractivity contribution in [2.45, 2.75) is 57.7 Å². The SMILES string of the molecule is CC(C)C(NC(=O)CN)C(=O)NC(CCCCN)C(=O)NC(Cc1c[nH]c2ccccc12)C(=O)O. The molecule has 0 aliphatic carbocycles. The number of hydrogen-bond acceptors (Lipinski definition) is 6. The summed E-state index contributed by atoms with van der Waals surface area (Å²) >= 11 is 0. The summed E-state index contributed by atoms with van der Waals surface area (Å²) in [6.45, 7) is 3.66. The Balaban J connectivity index is 2.16. The van der Waals surface area contributed by atoms with Gasteiger partial charge in [-0.15, -0.1) is 0 Å². The van der Waals surface area contributed by atoms with E-state index < -0.39 is 41.8 Å². The molecule has 2 rings (SSSR count). The zero-order valence-electron chi connectivity index (χ0n) is 20.2. The van der Waals surface area contributed by atoms with Gasteiger partial charge in [0.15, 0.2) is 0 Å². The zero-order valence-corrected chi connectivity index (χ0v) is 20.2. The van der Waals surface area contributed by atoms with Crippen molar-refractivity contribution >= 4 is 34.6 Å². The Labute approximate surface area is 204 Å². The van der Waals surface area contributed by atoms with Crippen molar-refractivity contribution in [2.75, 3.05) is 13.1 Å². The molecular formula is C24H36N6O5. The minimum Gasteiger partial charge on any atom is -0.480 e. The highest BCUT2D eigenvalue weighted by molar-refractivity contribution is 5.94. The summed E-state index contributed by atoms with van der Waals surface area (Å²) < 4.78 is 0. The molecule has 3 atom stereocenters. The van der Waals surface area contributed by atoms with Crippen LogP contribution in [-0.4, -0.2) is 65.0 Å². The third kappa shape index (κ3) is 8.08. The Hall–Kier alpha value is -3.44. The lowest BCUT2D eigenvalue weighted by atomic mass is 10.0. The molecule has 1 heterocycles. The molecule has 2 aromatic rings. The summed E-state index contributed by atoms with van der Waals surface area (Å²) in [4.78, 5) is 52.8. The first-order chi connectivity index (χ1) is 16.7. The number of carbonyl (C=O) groups is 4. The van der Waals surface area contributed by atoms with Crippen molar-refractivity contribution in [3.05, 3.63) is 36.0 Å². The van der Waals surface area contributed by atoms with Crippen LogP contribution in [0.3, 0.4) is 0 Å². The van der Waals surface area contributed by atoms with Gasteiger partial charge in [-0.1, -0.05) is 32.0 Å². The van der Waals surface area contributed by atoms with E-state index in [9.17, 15) is 24.3 Å². The molecule has 0 aliphatic heterocycles. The third-order valence-electron chi connectivity index (χ3n) is 5.74. The number of rotatable bonds is 14. The topological polar surface area (TPSA) is 192 Å². The molecule has 1 aromatic carbocycles. The maximum atomic E-state index is 13.1. The van der Waals surface area contributed by atoms with Crippen LogP contribution in [0.1, 0.15) is 38.7 Å². The molecule has 0 saturated carbocycles. The summed E-state index contributed by atoms with van der Waals surface area (Å²) in [6.07, 6.45) is 3.24. The number of H-pyrrole nitrogens is 1. The first-order valence-corrected chi connectivity index (χ1v) is 11.8. The van der Waals surface area contributed by atoms with Crippen LogP contribution in [0.2, 0.25) is 0 Å². The van der Waals surface area contributed by atoms with Crippen LogP contribution in [0.5, 0.6) is 0 Å². The van der Waals surface area contributed by atoms with E-state index in [-0.39, 0.29) is 25.3 Å². The Bertz CT molecular complexity index is 1020. The number of carboxylic acid groups (broad SMARTS) is 1. The van der Waals surface area contributed by atoms with Crippen LogP contribution >= 0.6 is 0 Å². The average molecular weight is 489 g/mol. The maximum Gasteiger partial charge on any atom is 0.326 e. The number of unbranched alkanes of at least 4 members (excludes halogenated alkanes) is 1. The van der Waals surface area contributed by atoms with E-state index in [1.165, 1.54) is 0 Å². The summed E-state index contributed by atoms with van der Waals surface area (Å²) in [6, 6.07) is 4.39. The molecule has 0 aliphatic rings. The van der Waals surface area contributed by atoms with E-state index in [2.05, 4.69) is 20.9 Å². The van der Waals surface area contributed by atoms with Gasteiger partial charge in [-0.05, 0) is 43.4 Å². The molecular weight excluding hydrogens is 452 g/mol. The number of carboxylic acids is 1. The Morgan fingerprint density at radius 1 is 0.971 bits per heavy atom. The van der Waals surface area contributed by atoms with Crippen LogP contribution in [0, 0.1) is 5.92 Å². The number of para-hydroxylation sites is 1. The van der Waals surface area contributed by atoms with Gasteiger partial charge in [-0.2, -0.15) is 0 Å². The lowest BCUT2D eigenvalue weighted by Gasteiger charge is -2.26. The van der Waals surface area contributed by atoms with Gasteiger partial charge in [0.05, 0.1) is 6.54 Å². The smallest absolute Gasteiger partial charge is 0.326 e. The molecule has 0 radical (unpaired) electrons. The maximum absolute atomic E-state index is 13.1. The van der Waals surface area contributed by atoms with Crippen LogP contribution in [0.15, 0.2) is 30.5 Å². The highest BCUT2D eigenvalue weighted by Gasteiger charge is 2.30. The third-order valence-corrected chi connectivity index (χ3v) is 5.74. The van der Waals surface area contributed by atoms with Gasteiger partial charge in [0.25, 0.3) is 0 Å². The fourth-order valence-corrected chi connectivity index (χ4v) is 3.78. The summed E-state index contributed by atoms with van der Waals surface area (Å²) in [7, 11) is 0. The lowest BCUT2D eigenvalue weighted by molar-refractivity contribution is -0.142. The summed E-state index contributed by atoms with van der Waals surface area (Å²) in [5.74, 6) is -3.10. The fourth-order valence-electron chi connectivity index (χ4n) is 3.78. The van der Waals surface area contributed by atoms with Crippen molar-refractivity contribution in [2.24, 2.45) is 17.4 Å². The molecule has 0 bridgehead atoms. The van der Waals surface area contributed by atoms with Gasteiger partial charge < -0.3 is 37.5 Å². The van der Waals surface area contributed by atoms with Crippen LogP contribution in [-0.2, 0) is 25.6 Å². The number of nitrogens with one attached hydrogen (secondary N) is 4. The van der Waals surface area contributed by atoms with Crippen molar-refractivity contribution in [1.82, 2.24) is 20.9 Å². The fraction of sp³-hybridized carbons (Fsp3) is 0.500. The molecule has 3 amide bonds. The molecule has 35 heavy (non-hydrogen) atoms. The van der Waals surface area contributed by atoms with Crippen molar-refractivity contribution in [3.8, 4) is 0 Å². The van der Waals surface area contributed by atoms with Crippen molar-refractivity contribution < 1.29 is 24.3 Å². The van der Waals surface area contributed by atoms with E-state index in [4.69, 9.17) is 11.5 Å². The number of benzene rings is 1. The second-order valence-corrected chi connectivity index (χ2v) is 8.80. The molecule has 192 valence electrons. The van der Waals surface area contributed by atoms with Crippen LogP contribution in [0.4, 0.5) is 0 Å². The highest BCUT2D eigenvalue weighted by atomic mass is 16.4. The molecule has 0 spiro atoms. The van der Waals surface area contributed by atoms with E-state index in [0.717, 1.165) is 16.5 Å². The number of nitrogens with two attached hydrogens (primary N) is 2. The number of aliphatic carboxylic acids is 1. The number of carbonyl (C=O) groups excluding carboxylic acids is 3. The van der Waals surface area contributed by atoms with E-state index in [1.807, 2.05) is 24.3 Å². The molecule has 11 heteroatoms. The van der Waals surface area contributed by atoms with E-state index in [0.29, 0.717) is 19.4 Å². The first kappa shape index (κ1) is 27.8. The van der Waals surface area contributed by atoms with Gasteiger partial charge >= 0.3 is 5.97 Å². The number of aromatic amines is 1. The average Bonchev–Trinajstić information content (AvgIpc) is 3.23. The molecule has 11 nitrogen and oxygen atoms in total. The molecule has 9 N–H and O–H groups in total. The Morgan fingerprint density at radius 2 is 1.66 bits per heavy atom.